The van der Waals surface area contributed by atoms with Gasteiger partial charge in [0.05, 0.1) is 35.0 Å². The molecule has 0 amide bonds. The van der Waals surface area contributed by atoms with Crippen LogP contribution in [-0.4, -0.2) is 34.4 Å². The van der Waals surface area contributed by atoms with Crippen LogP contribution in [0, 0.1) is 0 Å². The largest absolute Gasteiger partial charge is 0.493 e. The quantitative estimate of drug-likeness (QED) is 0.152. The number of thiazole rings is 1. The number of anilines is 2. The van der Waals surface area contributed by atoms with Gasteiger partial charge in [-0.05, 0) is 42.8 Å². The highest BCUT2D eigenvalue weighted by molar-refractivity contribution is 8.01. The number of alkyl halides is 3. The molecule has 0 saturated carbocycles. The monoisotopic (exact) mass is 542 g/mol. The first kappa shape index (κ1) is 25.1. The number of methoxy groups -OCH3 is 1. The molecule has 37 heavy (non-hydrogen) atoms. The first-order valence-electron chi connectivity index (χ1n) is 11.3. The fraction of sp³-hybridized carbons (Fsp3) is 0.192. The summed E-state index contributed by atoms with van der Waals surface area (Å²) in [6.45, 7) is 0.448. The number of aromatic nitrogens is 3. The second-order valence-corrected chi connectivity index (χ2v) is 10.3. The molecule has 0 aliphatic rings. The van der Waals surface area contributed by atoms with Crippen LogP contribution in [0.2, 0.25) is 0 Å². The molecule has 190 valence electrons. The van der Waals surface area contributed by atoms with Gasteiger partial charge in [0.25, 0.3) is 0 Å². The summed E-state index contributed by atoms with van der Waals surface area (Å²) in [6, 6.07) is 16.5. The lowest BCUT2D eigenvalue weighted by Gasteiger charge is -2.14. The first-order chi connectivity index (χ1) is 17.9. The van der Waals surface area contributed by atoms with Gasteiger partial charge in [-0.1, -0.05) is 30.0 Å². The molecule has 3 aromatic carbocycles. The van der Waals surface area contributed by atoms with Gasteiger partial charge in [0.2, 0.25) is 0 Å². The third kappa shape index (κ3) is 5.89. The van der Waals surface area contributed by atoms with Crippen molar-refractivity contribution in [1.82, 2.24) is 15.0 Å². The molecule has 2 aromatic heterocycles. The molecule has 1 N–H and O–H groups in total. The highest BCUT2D eigenvalue weighted by atomic mass is 32.2. The second kappa shape index (κ2) is 10.8. The van der Waals surface area contributed by atoms with Crippen LogP contribution < -0.4 is 14.8 Å². The number of nitrogens with one attached hydrogen (secondary N) is 1. The third-order valence-electron chi connectivity index (χ3n) is 5.42. The van der Waals surface area contributed by atoms with Crippen LogP contribution in [0.4, 0.5) is 24.7 Å². The van der Waals surface area contributed by atoms with Crippen LogP contribution in [0.1, 0.15) is 12.0 Å². The summed E-state index contributed by atoms with van der Waals surface area (Å²) < 4.78 is 53.1. The molecule has 5 rings (SSSR count). The fourth-order valence-electron chi connectivity index (χ4n) is 3.66. The molecule has 0 spiro atoms. The van der Waals surface area contributed by atoms with E-state index in [1.54, 1.807) is 48.4 Å². The van der Waals surface area contributed by atoms with Gasteiger partial charge < -0.3 is 14.8 Å². The van der Waals surface area contributed by atoms with E-state index in [0.29, 0.717) is 34.8 Å². The minimum Gasteiger partial charge on any atom is -0.493 e. The van der Waals surface area contributed by atoms with Crippen LogP contribution in [0.3, 0.4) is 0 Å². The molecule has 6 nitrogen and oxygen atoms in total. The van der Waals surface area contributed by atoms with E-state index >= 15 is 0 Å². The Morgan fingerprint density at radius 3 is 2.65 bits per heavy atom. The van der Waals surface area contributed by atoms with Crippen molar-refractivity contribution in [3.63, 3.8) is 0 Å². The zero-order valence-corrected chi connectivity index (χ0v) is 21.2. The number of halogens is 3. The average molecular weight is 543 g/mol. The maximum atomic E-state index is 13.1. The van der Waals surface area contributed by atoms with Crippen molar-refractivity contribution < 1.29 is 22.6 Å². The SMILES string of the molecule is COc1cc2ncnc(Nc3cccc(C(F)(F)F)c3)c2cc1OCCCSc1nc2ccccc2s1. The Kier molecular flexibility index (Phi) is 7.33. The molecule has 5 aromatic rings. The second-order valence-electron chi connectivity index (χ2n) is 7.94. The molecule has 2 heterocycles. The van der Waals surface area contributed by atoms with E-state index in [1.807, 2.05) is 18.2 Å². The van der Waals surface area contributed by atoms with E-state index in [1.165, 1.54) is 17.1 Å². The van der Waals surface area contributed by atoms with Gasteiger partial charge in [-0.15, -0.1) is 11.3 Å². The molecule has 0 atom stereocenters. The molecule has 0 fully saturated rings. The van der Waals surface area contributed by atoms with Crippen LogP contribution in [-0.2, 0) is 6.18 Å². The van der Waals surface area contributed by atoms with Crippen LogP contribution >= 0.6 is 23.1 Å². The van der Waals surface area contributed by atoms with E-state index in [9.17, 15) is 13.2 Å². The zero-order valence-electron chi connectivity index (χ0n) is 19.6. The Labute approximate surface area is 218 Å². The van der Waals surface area contributed by atoms with Crippen LogP contribution in [0.5, 0.6) is 11.5 Å². The number of fused-ring (bicyclic) bond motifs is 2. The Hall–Kier alpha value is -3.57. The lowest BCUT2D eigenvalue weighted by atomic mass is 10.1. The molecule has 11 heteroatoms. The Bertz CT molecular complexity index is 1510. The summed E-state index contributed by atoms with van der Waals surface area (Å²) in [7, 11) is 1.54. The minimum atomic E-state index is -4.44. The van der Waals surface area contributed by atoms with E-state index in [2.05, 4.69) is 26.3 Å². The van der Waals surface area contributed by atoms with E-state index in [0.717, 1.165) is 34.2 Å². The number of hydrogen-bond acceptors (Lipinski definition) is 8. The molecule has 0 saturated heterocycles. The van der Waals surface area contributed by atoms with Crippen molar-refractivity contribution in [2.75, 3.05) is 24.8 Å². The summed E-state index contributed by atoms with van der Waals surface area (Å²) in [5.41, 5.74) is 1.09. The maximum Gasteiger partial charge on any atom is 0.416 e. The first-order valence-corrected chi connectivity index (χ1v) is 13.1. The van der Waals surface area contributed by atoms with Gasteiger partial charge in [-0.3, -0.25) is 0 Å². The van der Waals surface area contributed by atoms with Crippen LogP contribution in [0.15, 0.2) is 71.3 Å². The lowest BCUT2D eigenvalue weighted by Crippen LogP contribution is -2.05. The highest BCUT2D eigenvalue weighted by Gasteiger charge is 2.30. The Morgan fingerprint density at radius 2 is 1.84 bits per heavy atom. The minimum absolute atomic E-state index is 0.264. The molecule has 0 bridgehead atoms. The van der Waals surface area contributed by atoms with Crippen molar-refractivity contribution in [3.8, 4) is 11.5 Å². The van der Waals surface area contributed by atoms with Crippen molar-refractivity contribution >= 4 is 55.7 Å². The fourth-order valence-corrected chi connectivity index (χ4v) is 5.71. The number of para-hydroxylation sites is 1. The van der Waals surface area contributed by atoms with Gasteiger partial charge in [-0.25, -0.2) is 15.0 Å². The standard InChI is InChI=1S/C26H21F3N4O2S2/c1-34-21-14-20-18(24(31-15-30-20)32-17-7-4-6-16(12-17)26(27,28)29)13-22(21)35-10-5-11-36-25-33-19-8-2-3-9-23(19)37-25/h2-4,6-9,12-15H,5,10-11H2,1H3,(H,30,31,32). The smallest absolute Gasteiger partial charge is 0.416 e. The van der Waals surface area contributed by atoms with Gasteiger partial charge in [0.1, 0.15) is 12.1 Å². The van der Waals surface area contributed by atoms with Crippen molar-refractivity contribution in [2.24, 2.45) is 0 Å². The predicted molar refractivity (Wildman–Crippen MR) is 141 cm³/mol. The summed E-state index contributed by atoms with van der Waals surface area (Å²) in [4.78, 5) is 13.1. The number of nitrogens with zero attached hydrogens (tertiary/aromatic N) is 3. The summed E-state index contributed by atoms with van der Waals surface area (Å²) >= 11 is 3.36. The molecular formula is C26H21F3N4O2S2. The summed E-state index contributed by atoms with van der Waals surface area (Å²) in [5.74, 6) is 2.21. The van der Waals surface area contributed by atoms with Crippen molar-refractivity contribution in [2.45, 2.75) is 16.9 Å². The number of ether oxygens (including phenoxy) is 2. The molecule has 0 unspecified atom stereocenters. The van der Waals surface area contributed by atoms with Crippen molar-refractivity contribution in [1.29, 1.82) is 0 Å². The topological polar surface area (TPSA) is 69.2 Å². The molecular weight excluding hydrogens is 521 g/mol. The maximum absolute atomic E-state index is 13.1. The average Bonchev–Trinajstić information content (AvgIpc) is 3.31. The molecule has 0 aliphatic heterocycles. The zero-order chi connectivity index (χ0) is 25.8. The van der Waals surface area contributed by atoms with Gasteiger partial charge in [0.15, 0.2) is 15.8 Å². The van der Waals surface area contributed by atoms with Gasteiger partial charge >= 0.3 is 6.18 Å². The number of rotatable bonds is 9. The lowest BCUT2D eigenvalue weighted by molar-refractivity contribution is -0.137. The molecule has 0 aliphatic carbocycles. The van der Waals surface area contributed by atoms with Gasteiger partial charge in [0, 0.05) is 22.9 Å². The molecule has 0 radical (unpaired) electrons. The van der Waals surface area contributed by atoms with Crippen molar-refractivity contribution in [3.05, 3.63) is 72.6 Å². The summed E-state index contributed by atoms with van der Waals surface area (Å²) in [6.07, 6.45) is -2.31. The van der Waals surface area contributed by atoms with Crippen LogP contribution in [0.25, 0.3) is 21.1 Å². The number of benzene rings is 3. The van der Waals surface area contributed by atoms with E-state index < -0.39 is 11.7 Å². The Morgan fingerprint density at radius 1 is 0.973 bits per heavy atom. The van der Waals surface area contributed by atoms with E-state index in [-0.39, 0.29) is 5.69 Å². The normalized spacial score (nSPS) is 11.7. The highest BCUT2D eigenvalue weighted by Crippen LogP contribution is 2.36. The van der Waals surface area contributed by atoms with Gasteiger partial charge in [-0.2, -0.15) is 13.2 Å². The Balaban J connectivity index is 1.28. The number of hydrogen-bond donors (Lipinski definition) is 1. The predicted octanol–water partition coefficient (Wildman–Crippen LogP) is 7.57. The van der Waals surface area contributed by atoms with E-state index in [4.69, 9.17) is 9.47 Å². The number of thioether (sulfide) groups is 1. The third-order valence-corrected chi connectivity index (χ3v) is 7.69. The summed E-state index contributed by atoms with van der Waals surface area (Å²) in [5, 5.41) is 3.57.